The Balaban J connectivity index is 1.54. The molecular formula is C25H29ClF2N4O. The Morgan fingerprint density at radius 2 is 1.82 bits per heavy atom. The van der Waals surface area contributed by atoms with E-state index in [0.717, 1.165) is 25.7 Å². The van der Waals surface area contributed by atoms with Crippen LogP contribution in [0.25, 0.3) is 11.0 Å². The number of hydrogen-bond acceptors (Lipinski definition) is 3. The summed E-state index contributed by atoms with van der Waals surface area (Å²) in [7, 11) is 1.68. The number of carbonyl (C=O) groups is 1. The summed E-state index contributed by atoms with van der Waals surface area (Å²) < 4.78 is 30.6. The van der Waals surface area contributed by atoms with Crippen molar-refractivity contribution in [2.24, 2.45) is 18.4 Å². The zero-order valence-corrected chi connectivity index (χ0v) is 20.1. The second-order valence-electron chi connectivity index (χ2n) is 9.92. The van der Waals surface area contributed by atoms with Crippen molar-refractivity contribution in [2.75, 3.05) is 5.32 Å². The molecule has 0 atom stereocenters. The van der Waals surface area contributed by atoms with Gasteiger partial charge in [-0.2, -0.15) is 0 Å². The van der Waals surface area contributed by atoms with Gasteiger partial charge in [0, 0.05) is 19.2 Å². The van der Waals surface area contributed by atoms with Crippen molar-refractivity contribution in [1.82, 2.24) is 14.9 Å². The van der Waals surface area contributed by atoms with Gasteiger partial charge in [0.1, 0.15) is 11.6 Å². The SMILES string of the molecule is Cn1c(Nc2c(F)cccc2Cl)nc2cc(C(=O)NC3CCC(C(C)(C)C)CC3)c(F)cc21. The van der Waals surface area contributed by atoms with Gasteiger partial charge in [0.25, 0.3) is 5.91 Å². The highest BCUT2D eigenvalue weighted by molar-refractivity contribution is 6.33. The van der Waals surface area contributed by atoms with Crippen LogP contribution in [0.15, 0.2) is 30.3 Å². The Bertz CT molecular complexity index is 1170. The second-order valence-corrected chi connectivity index (χ2v) is 10.3. The molecule has 3 aromatic rings. The van der Waals surface area contributed by atoms with Crippen molar-refractivity contribution in [3.8, 4) is 0 Å². The van der Waals surface area contributed by atoms with Gasteiger partial charge in [-0.3, -0.25) is 4.79 Å². The van der Waals surface area contributed by atoms with Gasteiger partial charge in [-0.25, -0.2) is 13.8 Å². The van der Waals surface area contributed by atoms with Crippen LogP contribution in [0.5, 0.6) is 0 Å². The average Bonchev–Trinajstić information content (AvgIpc) is 3.04. The Kier molecular flexibility index (Phi) is 6.36. The minimum atomic E-state index is -0.623. The van der Waals surface area contributed by atoms with Gasteiger partial charge in [0.05, 0.1) is 27.3 Å². The number of fused-ring (bicyclic) bond motifs is 1. The summed E-state index contributed by atoms with van der Waals surface area (Å²) in [6.07, 6.45) is 3.87. The first-order chi connectivity index (χ1) is 15.5. The number of imidazole rings is 1. The number of anilines is 2. The molecule has 33 heavy (non-hydrogen) atoms. The molecule has 0 spiro atoms. The van der Waals surface area contributed by atoms with Crippen LogP contribution < -0.4 is 10.6 Å². The lowest BCUT2D eigenvalue weighted by atomic mass is 9.71. The van der Waals surface area contributed by atoms with Gasteiger partial charge in [0.2, 0.25) is 5.95 Å². The van der Waals surface area contributed by atoms with Crippen molar-refractivity contribution in [3.63, 3.8) is 0 Å². The molecule has 2 aromatic carbocycles. The summed E-state index contributed by atoms with van der Waals surface area (Å²) in [5, 5.41) is 6.07. The maximum atomic E-state index is 14.9. The summed E-state index contributed by atoms with van der Waals surface area (Å²) in [6, 6.07) is 7.11. The van der Waals surface area contributed by atoms with E-state index < -0.39 is 17.5 Å². The molecule has 0 aliphatic heterocycles. The molecule has 0 radical (unpaired) electrons. The fraction of sp³-hybridized carbons (Fsp3) is 0.440. The standard InChI is InChI=1S/C25H29ClF2N4O/c1-25(2,3)14-8-10-15(11-9-14)29-23(33)16-12-20-21(13-19(16)28)32(4)24(30-20)31-22-17(26)6-5-7-18(22)27/h5-7,12-15H,8-11H2,1-4H3,(H,29,33)(H,30,31). The molecule has 2 N–H and O–H groups in total. The van der Waals surface area contributed by atoms with Gasteiger partial charge in [-0.1, -0.05) is 38.4 Å². The van der Waals surface area contributed by atoms with Crippen LogP contribution in [0.4, 0.5) is 20.4 Å². The summed E-state index contributed by atoms with van der Waals surface area (Å²) in [6.45, 7) is 6.74. The predicted molar refractivity (Wildman–Crippen MR) is 128 cm³/mol. The van der Waals surface area contributed by atoms with Crippen molar-refractivity contribution < 1.29 is 13.6 Å². The molecule has 176 valence electrons. The highest BCUT2D eigenvalue weighted by Gasteiger charge is 2.30. The topological polar surface area (TPSA) is 59.0 Å². The molecular weight excluding hydrogens is 446 g/mol. The third kappa shape index (κ3) is 4.83. The quantitative estimate of drug-likeness (QED) is 0.448. The fourth-order valence-electron chi connectivity index (χ4n) is 4.59. The van der Waals surface area contributed by atoms with Gasteiger partial charge in [-0.15, -0.1) is 0 Å². The van der Waals surface area contributed by atoms with E-state index in [1.54, 1.807) is 17.7 Å². The Labute approximate surface area is 197 Å². The Hall–Kier alpha value is -2.67. The second kappa shape index (κ2) is 8.93. The number of rotatable bonds is 4. The van der Waals surface area contributed by atoms with E-state index in [1.165, 1.54) is 24.3 Å². The van der Waals surface area contributed by atoms with Gasteiger partial charge < -0.3 is 15.2 Å². The van der Waals surface area contributed by atoms with Crippen LogP contribution >= 0.6 is 11.6 Å². The number of halogens is 3. The highest BCUT2D eigenvalue weighted by Crippen LogP contribution is 2.38. The van der Waals surface area contributed by atoms with E-state index in [9.17, 15) is 13.6 Å². The smallest absolute Gasteiger partial charge is 0.254 e. The van der Waals surface area contributed by atoms with Gasteiger partial charge >= 0.3 is 0 Å². The lowest BCUT2D eigenvalue weighted by Gasteiger charge is -2.37. The maximum Gasteiger partial charge on any atom is 0.254 e. The van der Waals surface area contributed by atoms with E-state index in [2.05, 4.69) is 36.4 Å². The van der Waals surface area contributed by atoms with Crippen LogP contribution in [0.2, 0.25) is 5.02 Å². The van der Waals surface area contributed by atoms with Crippen LogP contribution in [-0.4, -0.2) is 21.5 Å². The maximum absolute atomic E-state index is 14.9. The van der Waals surface area contributed by atoms with Gasteiger partial charge in [-0.05, 0) is 55.2 Å². The molecule has 1 aromatic heterocycles. The zero-order valence-electron chi connectivity index (χ0n) is 19.3. The third-order valence-corrected chi connectivity index (χ3v) is 7.02. The van der Waals surface area contributed by atoms with Crippen molar-refractivity contribution in [3.05, 3.63) is 52.6 Å². The first-order valence-corrected chi connectivity index (χ1v) is 11.6. The summed E-state index contributed by atoms with van der Waals surface area (Å²) >= 11 is 6.10. The minimum absolute atomic E-state index is 0.0374. The molecule has 8 heteroatoms. The zero-order chi connectivity index (χ0) is 23.9. The average molecular weight is 475 g/mol. The largest absolute Gasteiger partial charge is 0.349 e. The van der Waals surface area contributed by atoms with Gasteiger partial charge in [0.15, 0.2) is 0 Å². The molecule has 5 nitrogen and oxygen atoms in total. The molecule has 0 bridgehead atoms. The number of aromatic nitrogens is 2. The molecule has 1 aliphatic carbocycles. The number of para-hydroxylation sites is 1. The number of amides is 1. The van der Waals surface area contributed by atoms with Crippen LogP contribution in [0.3, 0.4) is 0 Å². The highest BCUT2D eigenvalue weighted by atomic mass is 35.5. The van der Waals surface area contributed by atoms with E-state index in [4.69, 9.17) is 11.6 Å². The lowest BCUT2D eigenvalue weighted by molar-refractivity contribution is 0.0900. The van der Waals surface area contributed by atoms with E-state index >= 15 is 0 Å². The number of aryl methyl sites for hydroxylation is 1. The minimum Gasteiger partial charge on any atom is -0.349 e. The van der Waals surface area contributed by atoms with Crippen molar-refractivity contribution in [1.29, 1.82) is 0 Å². The van der Waals surface area contributed by atoms with Crippen molar-refractivity contribution >= 4 is 40.2 Å². The predicted octanol–water partition coefficient (Wildman–Crippen LogP) is 6.58. The first kappa shape index (κ1) is 23.5. The van der Waals surface area contributed by atoms with E-state index in [0.29, 0.717) is 17.0 Å². The number of benzene rings is 2. The number of nitrogens with zero attached hydrogens (tertiary/aromatic N) is 2. The van der Waals surface area contributed by atoms with Crippen LogP contribution in [0, 0.1) is 23.0 Å². The normalized spacial score (nSPS) is 19.0. The van der Waals surface area contributed by atoms with Crippen molar-refractivity contribution in [2.45, 2.75) is 52.5 Å². The van der Waals surface area contributed by atoms with E-state index in [1.807, 2.05) is 0 Å². The molecule has 0 saturated heterocycles. The molecule has 1 aliphatic rings. The molecule has 1 heterocycles. The molecule has 4 rings (SSSR count). The summed E-state index contributed by atoms with van der Waals surface area (Å²) in [5.74, 6) is -0.676. The summed E-state index contributed by atoms with van der Waals surface area (Å²) in [4.78, 5) is 17.3. The Morgan fingerprint density at radius 3 is 2.45 bits per heavy atom. The lowest BCUT2D eigenvalue weighted by Crippen LogP contribution is -2.39. The molecule has 1 amide bonds. The monoisotopic (exact) mass is 474 g/mol. The van der Waals surface area contributed by atoms with Crippen LogP contribution in [0.1, 0.15) is 56.8 Å². The number of nitrogens with one attached hydrogen (secondary N) is 2. The number of carbonyl (C=O) groups excluding carboxylic acids is 1. The van der Waals surface area contributed by atoms with E-state index in [-0.39, 0.29) is 33.7 Å². The third-order valence-electron chi connectivity index (χ3n) is 6.70. The fourth-order valence-corrected chi connectivity index (χ4v) is 4.80. The van der Waals surface area contributed by atoms with Crippen LogP contribution in [-0.2, 0) is 7.05 Å². The first-order valence-electron chi connectivity index (χ1n) is 11.2. The molecule has 1 fully saturated rings. The summed E-state index contributed by atoms with van der Waals surface area (Å²) in [5.41, 5.74) is 1.19. The molecule has 1 saturated carbocycles. The number of hydrogen-bond donors (Lipinski definition) is 2. The Morgan fingerprint density at radius 1 is 1.12 bits per heavy atom. The molecule has 0 unspecified atom stereocenters.